The molecule has 0 heterocycles. The van der Waals surface area contributed by atoms with Gasteiger partial charge in [0.1, 0.15) is 0 Å². The summed E-state index contributed by atoms with van der Waals surface area (Å²) in [6, 6.07) is 6.82. The molecule has 0 aliphatic carbocycles. The number of aromatic carboxylic acids is 1. The summed E-state index contributed by atoms with van der Waals surface area (Å²) in [5, 5.41) is 20.4. The fourth-order valence-electron chi connectivity index (χ4n) is 2.32. The van der Waals surface area contributed by atoms with Gasteiger partial charge in [-0.15, -0.1) is 0 Å². The van der Waals surface area contributed by atoms with E-state index >= 15 is 0 Å². The van der Waals surface area contributed by atoms with Crippen LogP contribution in [0.4, 0.5) is 0 Å². The van der Waals surface area contributed by atoms with E-state index in [2.05, 4.69) is 41.5 Å². The number of hydrogen-bond acceptors (Lipinski definition) is 4. The van der Waals surface area contributed by atoms with E-state index in [4.69, 9.17) is 0 Å². The minimum absolute atomic E-state index is 0. The van der Waals surface area contributed by atoms with Crippen LogP contribution in [0.3, 0.4) is 0 Å². The van der Waals surface area contributed by atoms with Gasteiger partial charge in [-0.3, -0.25) is 0 Å². The van der Waals surface area contributed by atoms with E-state index in [9.17, 15) is 19.8 Å². The number of aliphatic carboxylic acids is 1. The molecule has 4 nitrogen and oxygen atoms in total. The van der Waals surface area contributed by atoms with Gasteiger partial charge in [0.25, 0.3) is 0 Å². The third-order valence-electron chi connectivity index (χ3n) is 4.42. The number of unbranched alkanes of at least 4 members (excludes halogenated alkanes) is 8. The molecule has 0 N–H and O–H groups in total. The normalized spacial score (nSPS) is 9.03. The fourth-order valence-corrected chi connectivity index (χ4v) is 2.32. The molecule has 5 heteroatoms. The molecule has 0 bridgehead atoms. The molecule has 0 spiro atoms. The van der Waals surface area contributed by atoms with Crippen LogP contribution >= 0.6 is 0 Å². The standard InChI is InChI=1S/C10H12O2.C10H20O2.2C4H9.Sn/c1-2-3-8-4-6-9(7-5-8)10(11)12;1-2-3-4-5-6-7-8-9-10(11)12;2*1-3-4-2;/h4-7H,2-3H2,1H3,(H,11,12);2-9H2,1H3,(H,11,12);2*1,3-4H2,2H3;/q;;;;+2/p-2. The molecule has 0 atom stereocenters. The molecule has 1 aromatic carbocycles. The number of carbonyl (C=O) groups excluding carboxylic acids is 2. The average molecular weight is 567 g/mol. The smallest absolute Gasteiger partial charge is 0.550 e. The van der Waals surface area contributed by atoms with Crippen LogP contribution < -0.4 is 10.2 Å². The van der Waals surface area contributed by atoms with Crippen molar-refractivity contribution >= 4 is 35.8 Å². The van der Waals surface area contributed by atoms with Crippen molar-refractivity contribution in [3.63, 3.8) is 0 Å². The molecule has 0 aliphatic rings. The predicted molar refractivity (Wildman–Crippen MR) is 139 cm³/mol. The summed E-state index contributed by atoms with van der Waals surface area (Å²) in [7, 11) is 0. The molecule has 1 rings (SSSR count). The number of hydrogen-bond donors (Lipinski definition) is 0. The fraction of sp³-hybridized carbons (Fsp3) is 0.643. The Hall–Kier alpha value is -1.04. The molecule has 0 saturated heterocycles. The summed E-state index contributed by atoms with van der Waals surface area (Å²) in [6.45, 7) is 15.7. The van der Waals surface area contributed by atoms with Gasteiger partial charge in [0.15, 0.2) is 0 Å². The van der Waals surface area contributed by atoms with Crippen molar-refractivity contribution in [3.05, 3.63) is 49.2 Å². The molecule has 0 aromatic heterocycles. The van der Waals surface area contributed by atoms with Crippen molar-refractivity contribution in [2.45, 2.75) is 118 Å². The van der Waals surface area contributed by atoms with Crippen LogP contribution in [0.1, 0.15) is 127 Å². The summed E-state index contributed by atoms with van der Waals surface area (Å²) in [5.74, 6) is -2.03. The molecule has 0 fully saturated rings. The van der Waals surface area contributed by atoms with Gasteiger partial charge < -0.3 is 19.8 Å². The Kier molecular flexibility index (Phi) is 39.3. The maximum absolute atomic E-state index is 10.4. The van der Waals surface area contributed by atoms with Crippen LogP contribution in [-0.2, 0) is 11.2 Å². The van der Waals surface area contributed by atoms with Crippen molar-refractivity contribution < 1.29 is 19.8 Å². The summed E-state index contributed by atoms with van der Waals surface area (Å²) in [4.78, 5) is 20.4. The molecule has 0 amide bonds. The summed E-state index contributed by atoms with van der Waals surface area (Å²) >= 11 is 0. The Morgan fingerprint density at radius 3 is 1.45 bits per heavy atom. The molecular weight excluding hydrogens is 519 g/mol. The van der Waals surface area contributed by atoms with Gasteiger partial charge in [0.2, 0.25) is 0 Å². The molecule has 1 aromatic rings. The van der Waals surface area contributed by atoms with E-state index in [1.807, 2.05) is 12.1 Å². The molecule has 4 radical (unpaired) electrons. The van der Waals surface area contributed by atoms with Crippen LogP contribution in [0, 0.1) is 13.8 Å². The topological polar surface area (TPSA) is 80.3 Å². The first kappa shape index (κ1) is 39.2. The SMILES string of the molecule is CCCCCCCCCC(=O)[O-].CCCc1ccc(C(=O)[O-])cc1.[CH2]CCC.[CH2]CCC.[Sn+2]. The maximum Gasteiger partial charge on any atom is 2.00 e. The van der Waals surface area contributed by atoms with Gasteiger partial charge in [-0.1, -0.05) is 136 Å². The second-order valence-corrected chi connectivity index (χ2v) is 7.68. The first-order chi connectivity index (χ1) is 15.3. The van der Waals surface area contributed by atoms with Gasteiger partial charge in [0, 0.05) is 5.97 Å². The summed E-state index contributed by atoms with van der Waals surface area (Å²) in [5.41, 5.74) is 1.41. The minimum atomic E-state index is -1.11. The van der Waals surface area contributed by atoms with E-state index in [1.54, 1.807) is 12.1 Å². The van der Waals surface area contributed by atoms with Gasteiger partial charge in [0.05, 0.1) is 5.97 Å². The first-order valence-electron chi connectivity index (χ1n) is 12.4. The van der Waals surface area contributed by atoms with Crippen LogP contribution in [-0.4, -0.2) is 35.8 Å². The van der Waals surface area contributed by atoms with E-state index in [0.717, 1.165) is 38.5 Å². The number of aryl methyl sites for hydroxylation is 1. The van der Waals surface area contributed by atoms with Crippen molar-refractivity contribution in [1.29, 1.82) is 0 Å². The Morgan fingerprint density at radius 2 is 1.12 bits per heavy atom. The number of carbonyl (C=O) groups is 2. The number of carboxylic acids is 2. The Labute approximate surface area is 221 Å². The molecule has 0 saturated carbocycles. The van der Waals surface area contributed by atoms with Crippen molar-refractivity contribution in [2.75, 3.05) is 0 Å². The zero-order valence-corrected chi connectivity index (χ0v) is 24.6. The molecule has 0 aliphatic heterocycles. The van der Waals surface area contributed by atoms with Crippen molar-refractivity contribution in [2.24, 2.45) is 0 Å². The minimum Gasteiger partial charge on any atom is -0.550 e. The summed E-state index contributed by atoms with van der Waals surface area (Å²) in [6.07, 6.45) is 15.0. The van der Waals surface area contributed by atoms with Crippen molar-refractivity contribution in [1.82, 2.24) is 0 Å². The molecular formula is C28H48O4Sn. The van der Waals surface area contributed by atoms with E-state index < -0.39 is 11.9 Å². The van der Waals surface area contributed by atoms with Gasteiger partial charge in [-0.05, 0) is 30.4 Å². The second-order valence-electron chi connectivity index (χ2n) is 7.68. The van der Waals surface area contributed by atoms with E-state index in [-0.39, 0.29) is 35.9 Å². The molecule has 33 heavy (non-hydrogen) atoms. The number of carboxylic acid groups (broad SMARTS) is 2. The summed E-state index contributed by atoms with van der Waals surface area (Å²) < 4.78 is 0. The van der Waals surface area contributed by atoms with E-state index in [1.165, 1.54) is 50.5 Å². The van der Waals surface area contributed by atoms with Crippen LogP contribution in [0.5, 0.6) is 0 Å². The maximum atomic E-state index is 10.4. The second kappa shape index (κ2) is 33.1. The number of rotatable bonds is 13. The third kappa shape index (κ3) is 35.7. The Balaban J connectivity index is -0.000000189. The largest absolute Gasteiger partial charge is 2.00 e. The van der Waals surface area contributed by atoms with Crippen LogP contribution in [0.2, 0.25) is 0 Å². The van der Waals surface area contributed by atoms with Gasteiger partial charge in [-0.2, -0.15) is 0 Å². The van der Waals surface area contributed by atoms with Gasteiger partial charge >= 0.3 is 23.9 Å². The van der Waals surface area contributed by atoms with E-state index in [0.29, 0.717) is 0 Å². The molecule has 0 unspecified atom stereocenters. The Bertz CT molecular complexity index is 507. The average Bonchev–Trinajstić information content (AvgIpc) is 2.79. The quantitative estimate of drug-likeness (QED) is 0.225. The van der Waals surface area contributed by atoms with Crippen molar-refractivity contribution in [3.8, 4) is 0 Å². The van der Waals surface area contributed by atoms with Crippen LogP contribution in [0.25, 0.3) is 0 Å². The molecule has 188 valence electrons. The Morgan fingerprint density at radius 1 is 0.697 bits per heavy atom. The first-order valence-corrected chi connectivity index (χ1v) is 12.4. The van der Waals surface area contributed by atoms with Crippen LogP contribution in [0.15, 0.2) is 24.3 Å². The zero-order chi connectivity index (χ0) is 25.0. The third-order valence-corrected chi connectivity index (χ3v) is 4.42. The number of benzene rings is 1. The van der Waals surface area contributed by atoms with Gasteiger partial charge in [-0.25, -0.2) is 0 Å². The predicted octanol–water partition coefficient (Wildman–Crippen LogP) is 5.74. The monoisotopic (exact) mass is 568 g/mol. The zero-order valence-electron chi connectivity index (χ0n) is 21.8.